The van der Waals surface area contributed by atoms with Crippen molar-refractivity contribution in [2.24, 2.45) is 11.8 Å². The average Bonchev–Trinajstić information content (AvgIpc) is 2.84. The normalized spacial score (nSPS) is 19.2. The van der Waals surface area contributed by atoms with Gasteiger partial charge in [0.1, 0.15) is 0 Å². The molecule has 24 heavy (non-hydrogen) atoms. The van der Waals surface area contributed by atoms with Gasteiger partial charge in [0.15, 0.2) is 9.84 Å². The maximum Gasteiger partial charge on any atom is 0.338 e. The fourth-order valence-electron chi connectivity index (χ4n) is 2.52. The first-order valence-corrected chi connectivity index (χ1v) is 9.85. The molecule has 0 aliphatic carbocycles. The Balaban J connectivity index is 1.85. The summed E-state index contributed by atoms with van der Waals surface area (Å²) in [7, 11) is -2.97. The number of rotatable bonds is 6. The molecule has 1 N–H and O–H groups in total. The molecule has 2 rings (SSSR count). The molecule has 0 saturated carbocycles. The SMILES string of the molecule is CC(C)COC(=O)c1ccc(NC(=O)C[C@H]2CCS(=O)(=O)C2)cc1. The fraction of sp³-hybridized carbons (Fsp3) is 0.529. The summed E-state index contributed by atoms with van der Waals surface area (Å²) in [6.07, 6.45) is 0.730. The number of esters is 1. The molecule has 0 bridgehead atoms. The molecule has 1 aromatic carbocycles. The van der Waals surface area contributed by atoms with E-state index in [0.717, 1.165) is 0 Å². The van der Waals surface area contributed by atoms with E-state index in [-0.39, 0.29) is 35.7 Å². The molecule has 1 fully saturated rings. The lowest BCUT2D eigenvalue weighted by molar-refractivity contribution is -0.116. The Morgan fingerprint density at radius 2 is 1.92 bits per heavy atom. The summed E-state index contributed by atoms with van der Waals surface area (Å²) < 4.78 is 27.9. The summed E-state index contributed by atoms with van der Waals surface area (Å²) >= 11 is 0. The quantitative estimate of drug-likeness (QED) is 0.792. The highest BCUT2D eigenvalue weighted by atomic mass is 32.2. The van der Waals surface area contributed by atoms with Crippen molar-refractivity contribution in [1.82, 2.24) is 0 Å². The third kappa shape index (κ3) is 5.63. The third-order valence-corrected chi connectivity index (χ3v) is 5.59. The lowest BCUT2D eigenvalue weighted by Gasteiger charge is -2.10. The van der Waals surface area contributed by atoms with Crippen LogP contribution in [0.15, 0.2) is 24.3 Å². The van der Waals surface area contributed by atoms with Crippen LogP contribution in [0.5, 0.6) is 0 Å². The first-order chi connectivity index (χ1) is 11.2. The monoisotopic (exact) mass is 353 g/mol. The van der Waals surface area contributed by atoms with Gasteiger partial charge >= 0.3 is 5.97 Å². The molecule has 0 radical (unpaired) electrons. The van der Waals surface area contributed by atoms with Crippen molar-refractivity contribution < 1.29 is 22.7 Å². The molecule has 1 aromatic rings. The van der Waals surface area contributed by atoms with Gasteiger partial charge in [-0.15, -0.1) is 0 Å². The van der Waals surface area contributed by atoms with Crippen LogP contribution in [0.1, 0.15) is 37.0 Å². The molecule has 1 atom stereocenters. The highest BCUT2D eigenvalue weighted by Gasteiger charge is 2.29. The van der Waals surface area contributed by atoms with Crippen LogP contribution in [0.3, 0.4) is 0 Å². The number of carbonyl (C=O) groups excluding carboxylic acids is 2. The van der Waals surface area contributed by atoms with E-state index in [1.807, 2.05) is 13.8 Å². The number of hydrogen-bond donors (Lipinski definition) is 1. The highest BCUT2D eigenvalue weighted by Crippen LogP contribution is 2.22. The number of amides is 1. The van der Waals surface area contributed by atoms with Crippen molar-refractivity contribution >= 4 is 27.4 Å². The van der Waals surface area contributed by atoms with Crippen LogP contribution in [-0.2, 0) is 19.4 Å². The molecule has 0 unspecified atom stereocenters. The zero-order valence-electron chi connectivity index (χ0n) is 13.9. The number of carbonyl (C=O) groups is 2. The van der Waals surface area contributed by atoms with Gasteiger partial charge in [-0.3, -0.25) is 4.79 Å². The van der Waals surface area contributed by atoms with E-state index >= 15 is 0 Å². The minimum Gasteiger partial charge on any atom is -0.462 e. The molecular formula is C17H23NO5S. The van der Waals surface area contributed by atoms with Gasteiger partial charge in [-0.2, -0.15) is 0 Å². The molecule has 1 aliphatic rings. The summed E-state index contributed by atoms with van der Waals surface area (Å²) in [5.41, 5.74) is 0.997. The Bertz CT molecular complexity index is 694. The van der Waals surface area contributed by atoms with Gasteiger partial charge in [0.2, 0.25) is 5.91 Å². The number of hydrogen-bond acceptors (Lipinski definition) is 5. The van der Waals surface area contributed by atoms with E-state index in [1.165, 1.54) is 0 Å². The lowest BCUT2D eigenvalue weighted by atomic mass is 10.0. The summed E-state index contributed by atoms with van der Waals surface area (Å²) in [6.45, 7) is 4.28. The molecule has 1 heterocycles. The van der Waals surface area contributed by atoms with Gasteiger partial charge in [0, 0.05) is 12.1 Å². The molecule has 1 amide bonds. The van der Waals surface area contributed by atoms with Crippen LogP contribution in [-0.4, -0.2) is 38.4 Å². The van der Waals surface area contributed by atoms with E-state index < -0.39 is 15.8 Å². The second-order valence-corrected chi connectivity index (χ2v) is 8.82. The van der Waals surface area contributed by atoms with Gasteiger partial charge in [-0.05, 0) is 42.5 Å². The largest absolute Gasteiger partial charge is 0.462 e. The first kappa shape index (κ1) is 18.4. The van der Waals surface area contributed by atoms with Crippen LogP contribution < -0.4 is 5.32 Å². The van der Waals surface area contributed by atoms with Crippen LogP contribution in [0.2, 0.25) is 0 Å². The number of benzene rings is 1. The predicted molar refractivity (Wildman–Crippen MR) is 91.6 cm³/mol. The molecule has 0 aromatic heterocycles. The highest BCUT2D eigenvalue weighted by molar-refractivity contribution is 7.91. The number of anilines is 1. The van der Waals surface area contributed by atoms with Crippen LogP contribution in [0, 0.1) is 11.8 Å². The van der Waals surface area contributed by atoms with Gasteiger partial charge < -0.3 is 10.1 Å². The van der Waals surface area contributed by atoms with Crippen molar-refractivity contribution in [3.63, 3.8) is 0 Å². The van der Waals surface area contributed by atoms with Gasteiger partial charge in [0.25, 0.3) is 0 Å². The van der Waals surface area contributed by atoms with Gasteiger partial charge in [-0.1, -0.05) is 13.8 Å². The molecular weight excluding hydrogens is 330 g/mol. The molecule has 1 saturated heterocycles. The predicted octanol–water partition coefficient (Wildman–Crippen LogP) is 2.26. The van der Waals surface area contributed by atoms with Crippen molar-refractivity contribution in [2.45, 2.75) is 26.7 Å². The fourth-order valence-corrected chi connectivity index (χ4v) is 4.38. The Labute approximate surface area is 142 Å². The molecule has 7 heteroatoms. The van der Waals surface area contributed by atoms with E-state index in [9.17, 15) is 18.0 Å². The second-order valence-electron chi connectivity index (χ2n) is 6.59. The van der Waals surface area contributed by atoms with Gasteiger partial charge in [0.05, 0.1) is 23.7 Å². The minimum absolute atomic E-state index is 0.0844. The van der Waals surface area contributed by atoms with E-state index in [1.54, 1.807) is 24.3 Å². The third-order valence-electron chi connectivity index (χ3n) is 3.75. The summed E-state index contributed by atoms with van der Waals surface area (Å²) in [4.78, 5) is 23.8. The smallest absolute Gasteiger partial charge is 0.338 e. The van der Waals surface area contributed by atoms with E-state index in [0.29, 0.717) is 24.3 Å². The van der Waals surface area contributed by atoms with Crippen molar-refractivity contribution in [3.8, 4) is 0 Å². The lowest BCUT2D eigenvalue weighted by Crippen LogP contribution is -2.17. The zero-order chi connectivity index (χ0) is 17.7. The summed E-state index contributed by atoms with van der Waals surface area (Å²) in [6, 6.07) is 6.46. The van der Waals surface area contributed by atoms with Crippen molar-refractivity contribution in [1.29, 1.82) is 0 Å². The number of nitrogens with one attached hydrogen (secondary N) is 1. The number of sulfone groups is 1. The van der Waals surface area contributed by atoms with E-state index in [2.05, 4.69) is 5.32 Å². The van der Waals surface area contributed by atoms with E-state index in [4.69, 9.17) is 4.74 Å². The first-order valence-electron chi connectivity index (χ1n) is 8.02. The van der Waals surface area contributed by atoms with Crippen LogP contribution in [0.4, 0.5) is 5.69 Å². The van der Waals surface area contributed by atoms with Crippen molar-refractivity contribution in [2.75, 3.05) is 23.4 Å². The van der Waals surface area contributed by atoms with Crippen molar-refractivity contribution in [3.05, 3.63) is 29.8 Å². The number of ether oxygens (including phenoxy) is 1. The second kappa shape index (κ2) is 7.79. The molecule has 1 aliphatic heterocycles. The Morgan fingerprint density at radius 1 is 1.25 bits per heavy atom. The summed E-state index contributed by atoms with van der Waals surface area (Å²) in [5.74, 6) is -0.198. The molecule has 132 valence electrons. The standard InChI is InChI=1S/C17H23NO5S/c1-12(2)10-23-17(20)14-3-5-15(6-4-14)18-16(19)9-13-7-8-24(21,22)11-13/h3-6,12-13H,7-11H2,1-2H3,(H,18,19)/t13-/m1/s1. The van der Waals surface area contributed by atoms with Gasteiger partial charge in [-0.25, -0.2) is 13.2 Å². The Morgan fingerprint density at radius 3 is 2.46 bits per heavy atom. The Kier molecular flexibility index (Phi) is 5.99. The van der Waals surface area contributed by atoms with Crippen LogP contribution >= 0.6 is 0 Å². The maximum absolute atomic E-state index is 12.0. The zero-order valence-corrected chi connectivity index (χ0v) is 14.8. The maximum atomic E-state index is 12.0. The average molecular weight is 353 g/mol. The minimum atomic E-state index is -2.97. The molecule has 0 spiro atoms. The Hall–Kier alpha value is -1.89. The topological polar surface area (TPSA) is 89.5 Å². The van der Waals surface area contributed by atoms with Crippen LogP contribution in [0.25, 0.3) is 0 Å². The summed E-state index contributed by atoms with van der Waals surface area (Å²) in [5, 5.41) is 2.73. The molecule has 6 nitrogen and oxygen atoms in total.